The summed E-state index contributed by atoms with van der Waals surface area (Å²) in [7, 11) is 0. The number of allylic oxidation sites excluding steroid dienone is 2. The molecule has 1 aliphatic carbocycles. The first-order valence-electron chi connectivity index (χ1n) is 7.18. The van der Waals surface area contributed by atoms with E-state index in [0.29, 0.717) is 18.7 Å². The highest BCUT2D eigenvalue weighted by Gasteiger charge is 2.47. The molecule has 2 aromatic rings. The number of likely N-dealkylation sites (tertiary alicyclic amines) is 1. The number of nitrogens with one attached hydrogen (secondary N) is 1. The monoisotopic (exact) mass is 281 g/mol. The van der Waals surface area contributed by atoms with E-state index in [2.05, 4.69) is 9.97 Å². The molecule has 21 heavy (non-hydrogen) atoms. The molecule has 1 saturated heterocycles. The van der Waals surface area contributed by atoms with E-state index in [9.17, 15) is 9.59 Å². The van der Waals surface area contributed by atoms with E-state index in [-0.39, 0.29) is 30.2 Å². The summed E-state index contributed by atoms with van der Waals surface area (Å²) in [6.07, 6.45) is 5.34. The first kappa shape index (κ1) is 12.3. The van der Waals surface area contributed by atoms with E-state index in [1.54, 1.807) is 0 Å². The second-order valence-corrected chi connectivity index (χ2v) is 5.62. The molecule has 1 N–H and O–H groups in total. The summed E-state index contributed by atoms with van der Waals surface area (Å²) < 4.78 is 0. The normalized spacial score (nSPS) is 24.9. The van der Waals surface area contributed by atoms with E-state index in [1.165, 1.54) is 4.90 Å². The molecule has 0 radical (unpaired) electrons. The van der Waals surface area contributed by atoms with Crippen LogP contribution in [0.1, 0.15) is 18.7 Å². The number of imidazole rings is 1. The van der Waals surface area contributed by atoms with Gasteiger partial charge in [0.2, 0.25) is 11.8 Å². The van der Waals surface area contributed by atoms with Gasteiger partial charge >= 0.3 is 0 Å². The van der Waals surface area contributed by atoms with Crippen LogP contribution in [0.5, 0.6) is 0 Å². The first-order valence-corrected chi connectivity index (χ1v) is 7.18. The maximum absolute atomic E-state index is 12.4. The highest BCUT2D eigenvalue weighted by molar-refractivity contribution is 6.05. The number of carbonyl (C=O) groups excluding carboxylic acids is 2. The van der Waals surface area contributed by atoms with Crippen LogP contribution in [0.2, 0.25) is 0 Å². The van der Waals surface area contributed by atoms with Gasteiger partial charge in [-0.25, -0.2) is 4.98 Å². The van der Waals surface area contributed by atoms with Gasteiger partial charge in [-0.1, -0.05) is 24.3 Å². The Labute approximate surface area is 121 Å². The fourth-order valence-electron chi connectivity index (χ4n) is 3.26. The minimum absolute atomic E-state index is 0.0604. The van der Waals surface area contributed by atoms with E-state index in [0.717, 1.165) is 11.0 Å². The fraction of sp³-hybridized carbons (Fsp3) is 0.312. The lowest BCUT2D eigenvalue weighted by atomic mass is 9.85. The quantitative estimate of drug-likeness (QED) is 0.676. The van der Waals surface area contributed by atoms with Gasteiger partial charge in [0.05, 0.1) is 29.4 Å². The average Bonchev–Trinajstić information content (AvgIpc) is 3.02. The van der Waals surface area contributed by atoms with Gasteiger partial charge in [-0.3, -0.25) is 14.5 Å². The van der Waals surface area contributed by atoms with Gasteiger partial charge in [0, 0.05) is 0 Å². The van der Waals surface area contributed by atoms with Crippen LogP contribution in [0.15, 0.2) is 36.4 Å². The smallest absolute Gasteiger partial charge is 0.233 e. The van der Waals surface area contributed by atoms with Crippen molar-refractivity contribution in [2.24, 2.45) is 11.8 Å². The number of H-pyrrole nitrogens is 1. The molecule has 0 unspecified atom stereocenters. The zero-order valence-electron chi connectivity index (χ0n) is 11.5. The standard InChI is InChI=1S/C16H15N3O2/c20-15-10-5-1-2-6-11(10)16(21)19(15)9-14-17-12-7-3-4-8-13(12)18-14/h1-4,7-8,10-11H,5-6,9H2,(H,17,18)/t10-,11+. The van der Waals surface area contributed by atoms with Crippen LogP contribution in [-0.4, -0.2) is 26.7 Å². The Bertz CT molecular complexity index is 703. The minimum atomic E-state index is -0.174. The summed E-state index contributed by atoms with van der Waals surface area (Å²) in [4.78, 5) is 33.8. The number of aromatic amines is 1. The lowest BCUT2D eigenvalue weighted by Gasteiger charge is -2.14. The van der Waals surface area contributed by atoms with Crippen molar-refractivity contribution in [3.8, 4) is 0 Å². The molecule has 2 aliphatic rings. The predicted octanol–water partition coefficient (Wildman–Crippen LogP) is 2.01. The Kier molecular flexibility index (Phi) is 2.67. The highest BCUT2D eigenvalue weighted by atomic mass is 16.2. The third-order valence-corrected chi connectivity index (χ3v) is 4.35. The summed E-state index contributed by atoms with van der Waals surface area (Å²) >= 11 is 0. The molecule has 1 aliphatic heterocycles. The van der Waals surface area contributed by atoms with Gasteiger partial charge in [-0.15, -0.1) is 0 Å². The molecule has 1 aromatic carbocycles. The van der Waals surface area contributed by atoms with E-state index in [4.69, 9.17) is 0 Å². The Morgan fingerprint density at radius 3 is 2.43 bits per heavy atom. The van der Waals surface area contributed by atoms with Crippen molar-refractivity contribution in [3.05, 3.63) is 42.2 Å². The van der Waals surface area contributed by atoms with Crippen molar-refractivity contribution in [3.63, 3.8) is 0 Å². The number of fused-ring (bicyclic) bond motifs is 2. The third-order valence-electron chi connectivity index (χ3n) is 4.35. The second-order valence-electron chi connectivity index (χ2n) is 5.62. The number of imide groups is 1. The Morgan fingerprint density at radius 2 is 1.76 bits per heavy atom. The maximum Gasteiger partial charge on any atom is 0.233 e. The number of benzene rings is 1. The van der Waals surface area contributed by atoms with E-state index < -0.39 is 0 Å². The average molecular weight is 281 g/mol. The molecule has 106 valence electrons. The van der Waals surface area contributed by atoms with Crippen LogP contribution in [0, 0.1) is 11.8 Å². The van der Waals surface area contributed by atoms with Gasteiger partial charge in [0.15, 0.2) is 0 Å². The lowest BCUT2D eigenvalue weighted by Crippen LogP contribution is -2.30. The molecular formula is C16H15N3O2. The summed E-state index contributed by atoms with van der Waals surface area (Å²) in [5.74, 6) is 0.188. The first-order chi connectivity index (χ1) is 10.2. The number of nitrogens with zero attached hydrogens (tertiary/aromatic N) is 2. The van der Waals surface area contributed by atoms with Crippen molar-refractivity contribution in [1.82, 2.24) is 14.9 Å². The van der Waals surface area contributed by atoms with Crippen LogP contribution in [0.3, 0.4) is 0 Å². The van der Waals surface area contributed by atoms with Gasteiger partial charge < -0.3 is 4.98 Å². The van der Waals surface area contributed by atoms with Crippen LogP contribution < -0.4 is 0 Å². The fourth-order valence-corrected chi connectivity index (χ4v) is 3.26. The number of rotatable bonds is 2. The molecule has 4 rings (SSSR count). The maximum atomic E-state index is 12.4. The van der Waals surface area contributed by atoms with Gasteiger partial charge in [0.1, 0.15) is 5.82 Å². The van der Waals surface area contributed by atoms with Crippen LogP contribution in [0.4, 0.5) is 0 Å². The van der Waals surface area contributed by atoms with Gasteiger partial charge in [-0.2, -0.15) is 0 Å². The Hall–Kier alpha value is -2.43. The van der Waals surface area contributed by atoms with Crippen molar-refractivity contribution < 1.29 is 9.59 Å². The number of para-hydroxylation sites is 2. The number of amides is 2. The zero-order chi connectivity index (χ0) is 14.4. The van der Waals surface area contributed by atoms with Crippen molar-refractivity contribution >= 4 is 22.8 Å². The van der Waals surface area contributed by atoms with Crippen molar-refractivity contribution in [2.45, 2.75) is 19.4 Å². The number of hydrogen-bond acceptors (Lipinski definition) is 3. The number of carbonyl (C=O) groups is 2. The van der Waals surface area contributed by atoms with Crippen LogP contribution >= 0.6 is 0 Å². The molecule has 1 fully saturated rings. The molecule has 5 nitrogen and oxygen atoms in total. The van der Waals surface area contributed by atoms with Crippen LogP contribution in [-0.2, 0) is 16.1 Å². The van der Waals surface area contributed by atoms with E-state index in [1.807, 2.05) is 36.4 Å². The summed E-state index contributed by atoms with van der Waals surface area (Å²) in [6, 6.07) is 7.69. The largest absolute Gasteiger partial charge is 0.340 e. The van der Waals surface area contributed by atoms with Crippen LogP contribution in [0.25, 0.3) is 11.0 Å². The predicted molar refractivity (Wildman–Crippen MR) is 77.0 cm³/mol. The van der Waals surface area contributed by atoms with Gasteiger partial charge in [0.25, 0.3) is 0 Å². The SMILES string of the molecule is O=C1[C@H]2CC=CC[C@H]2C(=O)N1Cc1nc2ccccc2[nH]1. The molecule has 0 spiro atoms. The zero-order valence-corrected chi connectivity index (χ0v) is 11.5. The summed E-state index contributed by atoms with van der Waals surface area (Å²) in [5.41, 5.74) is 1.77. The molecule has 2 atom stereocenters. The molecule has 2 heterocycles. The molecule has 1 aromatic heterocycles. The molecule has 0 saturated carbocycles. The third kappa shape index (κ3) is 1.88. The van der Waals surface area contributed by atoms with Gasteiger partial charge in [-0.05, 0) is 25.0 Å². The Balaban J connectivity index is 1.62. The van der Waals surface area contributed by atoms with E-state index >= 15 is 0 Å². The summed E-state index contributed by atoms with van der Waals surface area (Å²) in [6.45, 7) is 0.235. The lowest BCUT2D eigenvalue weighted by molar-refractivity contribution is -0.140. The van der Waals surface area contributed by atoms with Crippen molar-refractivity contribution in [2.75, 3.05) is 0 Å². The highest BCUT2D eigenvalue weighted by Crippen LogP contribution is 2.35. The second kappa shape index (κ2) is 4.55. The molecule has 5 heteroatoms. The van der Waals surface area contributed by atoms with Crippen molar-refractivity contribution in [1.29, 1.82) is 0 Å². The minimum Gasteiger partial charge on any atom is -0.340 e. The topological polar surface area (TPSA) is 66.1 Å². The Morgan fingerprint density at radius 1 is 1.10 bits per heavy atom. The molecular weight excluding hydrogens is 266 g/mol. The molecule has 0 bridgehead atoms. The number of aromatic nitrogens is 2. The number of hydrogen-bond donors (Lipinski definition) is 1. The molecule has 2 amide bonds. The summed E-state index contributed by atoms with van der Waals surface area (Å²) in [5, 5.41) is 0.